The van der Waals surface area contributed by atoms with Gasteiger partial charge in [-0.2, -0.15) is 0 Å². The summed E-state index contributed by atoms with van der Waals surface area (Å²) in [5.41, 5.74) is 9.99. The van der Waals surface area contributed by atoms with Crippen LogP contribution in [0.4, 0.5) is 0 Å². The van der Waals surface area contributed by atoms with Gasteiger partial charge in [0.2, 0.25) is 5.78 Å². The molecule has 0 aliphatic carbocycles. The van der Waals surface area contributed by atoms with Gasteiger partial charge < -0.3 is 21.1 Å². The summed E-state index contributed by atoms with van der Waals surface area (Å²) < 4.78 is 6.88. The molecule has 9 nitrogen and oxygen atoms in total. The average Bonchev–Trinajstić information content (AvgIpc) is 3.33. The third kappa shape index (κ3) is 6.71. The molecule has 1 atom stereocenters. The number of nitrogens with one attached hydrogen (secondary N) is 3. The van der Waals surface area contributed by atoms with Crippen LogP contribution in [0.2, 0.25) is 0 Å². The van der Waals surface area contributed by atoms with Gasteiger partial charge >= 0.3 is 0 Å². The lowest BCUT2D eigenvalue weighted by Crippen LogP contribution is -2.33. The first-order valence-electron chi connectivity index (χ1n) is 12.5. The molecule has 5 N–H and O–H groups in total. The summed E-state index contributed by atoms with van der Waals surface area (Å²) >= 11 is 0. The summed E-state index contributed by atoms with van der Waals surface area (Å²) in [4.78, 5) is 32.7. The molecule has 4 aromatic rings. The number of benzene rings is 2. The summed E-state index contributed by atoms with van der Waals surface area (Å²) in [5, 5.41) is 6.33. The highest BCUT2D eigenvalue weighted by molar-refractivity contribution is 5.94. The number of carbonyl (C=O) groups is 1. The highest BCUT2D eigenvalue weighted by atomic mass is 16.5. The Morgan fingerprint density at radius 2 is 1.84 bits per heavy atom. The second-order valence-electron chi connectivity index (χ2n) is 9.10. The molecule has 37 heavy (non-hydrogen) atoms. The zero-order chi connectivity index (χ0) is 26.2. The summed E-state index contributed by atoms with van der Waals surface area (Å²) in [6, 6.07) is 15.2. The second kappa shape index (κ2) is 12.4. The SMILES string of the molecule is COCCC(C)NC(=O)c1ccc(-c2cn3cc(-c4ccc(CNCCCN)cc4)c(=O)[nH]c3n2)cc1. The molecule has 9 heteroatoms. The zero-order valence-electron chi connectivity index (χ0n) is 21.3. The van der Waals surface area contributed by atoms with Crippen LogP contribution < -0.4 is 21.9 Å². The predicted molar refractivity (Wildman–Crippen MR) is 145 cm³/mol. The maximum Gasteiger partial charge on any atom is 0.260 e. The Morgan fingerprint density at radius 1 is 1.11 bits per heavy atom. The molecular weight excluding hydrogens is 468 g/mol. The van der Waals surface area contributed by atoms with E-state index in [1.807, 2.05) is 53.9 Å². The fraction of sp³-hybridized carbons (Fsp3) is 0.321. The number of nitrogens with zero attached hydrogens (tertiary/aromatic N) is 2. The largest absolute Gasteiger partial charge is 0.385 e. The Balaban J connectivity index is 1.48. The first kappa shape index (κ1) is 26.3. The van der Waals surface area contributed by atoms with Crippen molar-refractivity contribution >= 4 is 11.7 Å². The number of hydrogen-bond acceptors (Lipinski definition) is 6. The highest BCUT2D eigenvalue weighted by Crippen LogP contribution is 2.21. The van der Waals surface area contributed by atoms with Crippen LogP contribution in [0.5, 0.6) is 0 Å². The number of hydrogen-bond donors (Lipinski definition) is 4. The summed E-state index contributed by atoms with van der Waals surface area (Å²) in [7, 11) is 1.64. The third-order valence-electron chi connectivity index (χ3n) is 6.20. The maximum absolute atomic E-state index is 12.8. The molecule has 2 aromatic carbocycles. The van der Waals surface area contributed by atoms with Gasteiger partial charge in [-0.15, -0.1) is 0 Å². The van der Waals surface area contributed by atoms with Gasteiger partial charge in [0, 0.05) is 49.8 Å². The number of methoxy groups -OCH3 is 1. The van der Waals surface area contributed by atoms with E-state index in [1.165, 1.54) is 0 Å². The van der Waals surface area contributed by atoms with Crippen molar-refractivity contribution in [3.05, 3.63) is 82.4 Å². The van der Waals surface area contributed by atoms with Crippen LogP contribution in [-0.2, 0) is 11.3 Å². The number of rotatable bonds is 12. The molecule has 0 saturated heterocycles. The number of H-pyrrole nitrogens is 1. The smallest absolute Gasteiger partial charge is 0.260 e. The van der Waals surface area contributed by atoms with Gasteiger partial charge in [0.05, 0.1) is 11.3 Å². The monoisotopic (exact) mass is 502 g/mol. The maximum atomic E-state index is 12.8. The van der Waals surface area contributed by atoms with Crippen LogP contribution >= 0.6 is 0 Å². The van der Waals surface area contributed by atoms with Crippen LogP contribution in [0.25, 0.3) is 28.2 Å². The number of aromatic nitrogens is 3. The van der Waals surface area contributed by atoms with Crippen molar-refractivity contribution < 1.29 is 9.53 Å². The molecule has 0 fully saturated rings. The average molecular weight is 503 g/mol. The molecule has 0 aliphatic rings. The summed E-state index contributed by atoms with van der Waals surface area (Å²) in [6.45, 7) is 4.85. The fourth-order valence-electron chi connectivity index (χ4n) is 4.02. The quantitative estimate of drug-likeness (QED) is 0.221. The van der Waals surface area contributed by atoms with Crippen LogP contribution in [-0.4, -0.2) is 53.1 Å². The second-order valence-corrected chi connectivity index (χ2v) is 9.10. The van der Waals surface area contributed by atoms with Crippen LogP contribution in [0.15, 0.2) is 65.7 Å². The molecule has 2 heterocycles. The van der Waals surface area contributed by atoms with Gasteiger partial charge in [-0.1, -0.05) is 36.4 Å². The molecule has 2 aromatic heterocycles. The van der Waals surface area contributed by atoms with Crippen LogP contribution in [0.3, 0.4) is 0 Å². The van der Waals surface area contributed by atoms with Crippen molar-refractivity contribution in [2.24, 2.45) is 5.73 Å². The fourth-order valence-corrected chi connectivity index (χ4v) is 4.02. The lowest BCUT2D eigenvalue weighted by molar-refractivity contribution is 0.0929. The van der Waals surface area contributed by atoms with E-state index in [-0.39, 0.29) is 17.5 Å². The van der Waals surface area contributed by atoms with Crippen molar-refractivity contribution in [3.8, 4) is 22.4 Å². The van der Waals surface area contributed by atoms with Crippen LogP contribution in [0.1, 0.15) is 35.7 Å². The van der Waals surface area contributed by atoms with Crippen molar-refractivity contribution in [3.63, 3.8) is 0 Å². The van der Waals surface area contributed by atoms with E-state index in [0.29, 0.717) is 35.8 Å². The molecule has 0 aliphatic heterocycles. The number of ether oxygens (including phenoxy) is 1. The number of imidazole rings is 1. The van der Waals surface area contributed by atoms with Gasteiger partial charge in [0.25, 0.3) is 11.5 Å². The minimum Gasteiger partial charge on any atom is -0.385 e. The predicted octanol–water partition coefficient (Wildman–Crippen LogP) is 2.95. The topological polar surface area (TPSA) is 127 Å². The van der Waals surface area contributed by atoms with E-state index in [9.17, 15) is 9.59 Å². The normalized spacial score (nSPS) is 12.1. The van der Waals surface area contributed by atoms with Gasteiger partial charge in [-0.05, 0) is 56.1 Å². The molecule has 194 valence electrons. The lowest BCUT2D eigenvalue weighted by atomic mass is 10.1. The van der Waals surface area contributed by atoms with Gasteiger partial charge in [0.15, 0.2) is 0 Å². The van der Waals surface area contributed by atoms with Gasteiger partial charge in [-0.3, -0.25) is 19.0 Å². The van der Waals surface area contributed by atoms with Crippen molar-refractivity contribution in [1.29, 1.82) is 0 Å². The minimum absolute atomic E-state index is 0.0192. The summed E-state index contributed by atoms with van der Waals surface area (Å²) in [6.07, 6.45) is 5.35. The van der Waals surface area contributed by atoms with Crippen LogP contribution in [0, 0.1) is 0 Å². The van der Waals surface area contributed by atoms with Gasteiger partial charge in [-0.25, -0.2) is 4.98 Å². The molecule has 0 bridgehead atoms. The van der Waals surface area contributed by atoms with E-state index in [2.05, 4.69) is 20.6 Å². The number of fused-ring (bicyclic) bond motifs is 1. The Bertz CT molecular complexity index is 1380. The standard InChI is InChI=1S/C28H34N6O3/c1-19(12-15-37-2)31-26(35)23-10-8-22(9-11-23)25-18-34-17-24(27(36)33-28(34)32-25)21-6-4-20(5-7-21)16-30-14-3-13-29/h4-11,17-19,30H,3,12-16,29H2,1-2H3,(H,31,35)(H,32,33,36). The minimum atomic E-state index is -0.201. The lowest BCUT2D eigenvalue weighted by Gasteiger charge is -2.13. The zero-order valence-corrected chi connectivity index (χ0v) is 21.3. The Labute approximate surface area is 216 Å². The first-order valence-corrected chi connectivity index (χ1v) is 12.5. The molecule has 1 unspecified atom stereocenters. The highest BCUT2D eigenvalue weighted by Gasteiger charge is 2.12. The molecule has 0 saturated carbocycles. The number of nitrogens with two attached hydrogens (primary N) is 1. The molecule has 0 spiro atoms. The molecule has 4 rings (SSSR count). The molecule has 1 amide bonds. The first-order chi connectivity index (χ1) is 18.0. The van der Waals surface area contributed by atoms with Crippen molar-refractivity contribution in [2.75, 3.05) is 26.8 Å². The van der Waals surface area contributed by atoms with E-state index < -0.39 is 0 Å². The van der Waals surface area contributed by atoms with E-state index in [1.54, 1.807) is 25.4 Å². The number of aromatic amines is 1. The Morgan fingerprint density at radius 3 is 2.54 bits per heavy atom. The number of amides is 1. The number of carbonyl (C=O) groups excluding carboxylic acids is 1. The molecular formula is C28H34N6O3. The van der Waals surface area contributed by atoms with Crippen molar-refractivity contribution in [1.82, 2.24) is 25.0 Å². The summed E-state index contributed by atoms with van der Waals surface area (Å²) in [5.74, 6) is 0.328. The Kier molecular flexibility index (Phi) is 8.84. The van der Waals surface area contributed by atoms with Gasteiger partial charge in [0.1, 0.15) is 0 Å². The third-order valence-corrected chi connectivity index (χ3v) is 6.20. The Hall–Kier alpha value is -3.79. The van der Waals surface area contributed by atoms with E-state index >= 15 is 0 Å². The van der Waals surface area contributed by atoms with E-state index in [4.69, 9.17) is 10.5 Å². The molecule has 0 radical (unpaired) electrons. The van der Waals surface area contributed by atoms with E-state index in [0.717, 1.165) is 42.6 Å². The van der Waals surface area contributed by atoms with Crippen molar-refractivity contribution in [2.45, 2.75) is 32.4 Å².